The first-order chi connectivity index (χ1) is 9.08. The Kier molecular flexibility index (Phi) is 3.75. The second-order valence-electron chi connectivity index (χ2n) is 4.22. The monoisotopic (exact) mass is 259 g/mol. The summed E-state index contributed by atoms with van der Waals surface area (Å²) in [6.07, 6.45) is 1.66. The zero-order chi connectivity index (χ0) is 13.8. The van der Waals surface area contributed by atoms with Crippen LogP contribution in [-0.2, 0) is 6.54 Å². The molecule has 0 bridgehead atoms. The maximum Gasteiger partial charge on any atom is 0.254 e. The highest BCUT2D eigenvalue weighted by atomic mass is 19.1. The fourth-order valence-electron chi connectivity index (χ4n) is 1.69. The number of hydrogen-bond donors (Lipinski definition) is 1. The van der Waals surface area contributed by atoms with Gasteiger partial charge in [0.2, 0.25) is 0 Å². The zero-order valence-electron chi connectivity index (χ0n) is 10.5. The van der Waals surface area contributed by atoms with Crippen LogP contribution < -0.4 is 5.73 Å². The van der Waals surface area contributed by atoms with Crippen molar-refractivity contribution in [2.75, 3.05) is 12.8 Å². The highest BCUT2D eigenvalue weighted by molar-refractivity contribution is 5.94. The minimum absolute atomic E-state index is 0.0314. The summed E-state index contributed by atoms with van der Waals surface area (Å²) in [5.41, 5.74) is 6.45. The highest BCUT2D eigenvalue weighted by Gasteiger charge is 2.13. The Balaban J connectivity index is 2.12. The molecule has 1 aromatic heterocycles. The quantitative estimate of drug-likeness (QED) is 0.858. The molecule has 0 radical (unpaired) electrons. The van der Waals surface area contributed by atoms with E-state index in [0.29, 0.717) is 6.54 Å². The number of carbonyl (C=O) groups excluding carboxylic acids is 1. The lowest BCUT2D eigenvalue weighted by Gasteiger charge is -2.16. The van der Waals surface area contributed by atoms with Gasteiger partial charge in [0.15, 0.2) is 0 Å². The molecule has 0 aliphatic rings. The molecule has 0 saturated heterocycles. The summed E-state index contributed by atoms with van der Waals surface area (Å²) < 4.78 is 13.3. The van der Waals surface area contributed by atoms with E-state index in [0.717, 1.165) is 11.8 Å². The molecule has 0 fully saturated rings. The van der Waals surface area contributed by atoms with Crippen molar-refractivity contribution in [3.63, 3.8) is 0 Å². The predicted octanol–water partition coefficient (Wildman–Crippen LogP) is 2.08. The number of pyridine rings is 1. The van der Waals surface area contributed by atoms with Crippen molar-refractivity contribution >= 4 is 11.6 Å². The van der Waals surface area contributed by atoms with Gasteiger partial charge in [0, 0.05) is 18.8 Å². The summed E-state index contributed by atoms with van der Waals surface area (Å²) in [4.78, 5) is 17.7. The normalized spacial score (nSPS) is 10.2. The number of benzene rings is 1. The third kappa shape index (κ3) is 3.07. The first-order valence-electron chi connectivity index (χ1n) is 5.78. The standard InChI is InChI=1S/C14H14FN3O/c1-18(9-11-4-2-3-7-17-11)14(19)10-5-6-13(16)12(15)8-10/h2-8H,9,16H2,1H3. The second-order valence-corrected chi connectivity index (χ2v) is 4.22. The van der Waals surface area contributed by atoms with Gasteiger partial charge in [-0.3, -0.25) is 9.78 Å². The topological polar surface area (TPSA) is 59.2 Å². The molecule has 19 heavy (non-hydrogen) atoms. The first-order valence-corrected chi connectivity index (χ1v) is 5.78. The predicted molar refractivity (Wildman–Crippen MR) is 70.8 cm³/mol. The molecule has 2 aromatic rings. The number of anilines is 1. The largest absolute Gasteiger partial charge is 0.396 e. The van der Waals surface area contributed by atoms with E-state index >= 15 is 0 Å². The van der Waals surface area contributed by atoms with E-state index < -0.39 is 5.82 Å². The molecule has 5 heteroatoms. The minimum Gasteiger partial charge on any atom is -0.396 e. The van der Waals surface area contributed by atoms with Gasteiger partial charge in [-0.2, -0.15) is 0 Å². The lowest BCUT2D eigenvalue weighted by molar-refractivity contribution is 0.0783. The van der Waals surface area contributed by atoms with Crippen LogP contribution in [0.25, 0.3) is 0 Å². The molecule has 0 spiro atoms. The fourth-order valence-corrected chi connectivity index (χ4v) is 1.69. The molecule has 0 aliphatic carbocycles. The van der Waals surface area contributed by atoms with Gasteiger partial charge in [0.05, 0.1) is 17.9 Å². The third-order valence-corrected chi connectivity index (χ3v) is 2.72. The Bertz CT molecular complexity index is 586. The van der Waals surface area contributed by atoms with Crippen molar-refractivity contribution in [2.24, 2.45) is 0 Å². The van der Waals surface area contributed by atoms with Gasteiger partial charge < -0.3 is 10.6 Å². The summed E-state index contributed by atoms with van der Waals surface area (Å²) in [7, 11) is 1.64. The van der Waals surface area contributed by atoms with Crippen molar-refractivity contribution in [3.05, 3.63) is 59.7 Å². The Morgan fingerprint density at radius 3 is 2.79 bits per heavy atom. The van der Waals surface area contributed by atoms with Gasteiger partial charge in [-0.15, -0.1) is 0 Å². The number of rotatable bonds is 3. The summed E-state index contributed by atoms with van der Waals surface area (Å²) in [5.74, 6) is -0.860. The van der Waals surface area contributed by atoms with Crippen LogP contribution in [0.2, 0.25) is 0 Å². The van der Waals surface area contributed by atoms with Crippen molar-refractivity contribution in [1.82, 2.24) is 9.88 Å². The van der Waals surface area contributed by atoms with E-state index in [1.54, 1.807) is 19.3 Å². The average molecular weight is 259 g/mol. The molecule has 0 saturated carbocycles. The third-order valence-electron chi connectivity index (χ3n) is 2.72. The van der Waals surface area contributed by atoms with Gasteiger partial charge in [-0.05, 0) is 30.3 Å². The van der Waals surface area contributed by atoms with Crippen LogP contribution in [0.15, 0.2) is 42.6 Å². The molecular formula is C14H14FN3O. The van der Waals surface area contributed by atoms with Crippen molar-refractivity contribution in [1.29, 1.82) is 0 Å². The van der Waals surface area contributed by atoms with Crippen LogP contribution in [0.4, 0.5) is 10.1 Å². The molecule has 4 nitrogen and oxygen atoms in total. The summed E-state index contributed by atoms with van der Waals surface area (Å²) in [6.45, 7) is 0.367. The molecule has 1 amide bonds. The maximum atomic E-state index is 13.3. The van der Waals surface area contributed by atoms with E-state index in [4.69, 9.17) is 5.73 Å². The number of aromatic nitrogens is 1. The van der Waals surface area contributed by atoms with Crippen LogP contribution in [0, 0.1) is 5.82 Å². The summed E-state index contributed by atoms with van der Waals surface area (Å²) >= 11 is 0. The Morgan fingerprint density at radius 1 is 1.37 bits per heavy atom. The molecule has 0 unspecified atom stereocenters. The number of nitrogen functional groups attached to an aromatic ring is 1. The van der Waals surface area contributed by atoms with Crippen molar-refractivity contribution in [3.8, 4) is 0 Å². The Hall–Kier alpha value is -2.43. The van der Waals surface area contributed by atoms with Crippen LogP contribution in [0.3, 0.4) is 0 Å². The lowest BCUT2D eigenvalue weighted by atomic mass is 10.1. The van der Waals surface area contributed by atoms with Crippen LogP contribution in [0.1, 0.15) is 16.1 Å². The highest BCUT2D eigenvalue weighted by Crippen LogP contribution is 2.14. The van der Waals surface area contributed by atoms with Gasteiger partial charge in [-0.1, -0.05) is 6.07 Å². The molecule has 0 atom stereocenters. The average Bonchev–Trinajstić information content (AvgIpc) is 2.42. The molecule has 2 rings (SSSR count). The van der Waals surface area contributed by atoms with E-state index in [9.17, 15) is 9.18 Å². The van der Waals surface area contributed by atoms with Crippen molar-refractivity contribution < 1.29 is 9.18 Å². The molecular weight excluding hydrogens is 245 g/mol. The van der Waals surface area contributed by atoms with Gasteiger partial charge in [0.25, 0.3) is 5.91 Å². The van der Waals surface area contributed by atoms with Crippen LogP contribution in [-0.4, -0.2) is 22.8 Å². The van der Waals surface area contributed by atoms with Gasteiger partial charge >= 0.3 is 0 Å². The number of amides is 1. The van der Waals surface area contributed by atoms with Gasteiger partial charge in [0.1, 0.15) is 5.82 Å². The van der Waals surface area contributed by atoms with Crippen LogP contribution >= 0.6 is 0 Å². The zero-order valence-corrected chi connectivity index (χ0v) is 10.5. The van der Waals surface area contributed by atoms with Gasteiger partial charge in [-0.25, -0.2) is 4.39 Å². The van der Waals surface area contributed by atoms with E-state index in [2.05, 4.69) is 4.98 Å². The molecule has 1 heterocycles. The number of nitrogens with zero attached hydrogens (tertiary/aromatic N) is 2. The summed E-state index contributed by atoms with van der Waals surface area (Å²) in [6, 6.07) is 9.52. The van der Waals surface area contributed by atoms with Crippen LogP contribution in [0.5, 0.6) is 0 Å². The smallest absolute Gasteiger partial charge is 0.254 e. The number of halogens is 1. The lowest BCUT2D eigenvalue weighted by Crippen LogP contribution is -2.26. The summed E-state index contributed by atoms with van der Waals surface area (Å²) in [5, 5.41) is 0. The maximum absolute atomic E-state index is 13.3. The Morgan fingerprint density at radius 2 is 2.16 bits per heavy atom. The number of hydrogen-bond acceptors (Lipinski definition) is 3. The molecule has 0 aliphatic heterocycles. The number of carbonyl (C=O) groups is 1. The fraction of sp³-hybridized carbons (Fsp3) is 0.143. The first kappa shape index (κ1) is 13.0. The molecule has 2 N–H and O–H groups in total. The second kappa shape index (κ2) is 5.48. The number of nitrogens with two attached hydrogens (primary N) is 1. The molecule has 98 valence electrons. The van der Waals surface area contributed by atoms with E-state index in [1.165, 1.54) is 17.0 Å². The Labute approximate surface area is 110 Å². The van der Waals surface area contributed by atoms with E-state index in [-0.39, 0.29) is 17.2 Å². The SMILES string of the molecule is CN(Cc1ccccn1)C(=O)c1ccc(N)c(F)c1. The van der Waals surface area contributed by atoms with Crippen molar-refractivity contribution in [2.45, 2.75) is 6.54 Å². The molecule has 1 aromatic carbocycles. The van der Waals surface area contributed by atoms with E-state index in [1.807, 2.05) is 12.1 Å². The minimum atomic E-state index is -0.586.